The van der Waals surface area contributed by atoms with E-state index < -0.39 is 0 Å². The molecule has 0 amide bonds. The Labute approximate surface area is 110 Å². The Morgan fingerprint density at radius 1 is 1.00 bits per heavy atom. The molecule has 0 aliphatic rings. The zero-order valence-electron chi connectivity index (χ0n) is 9.81. The number of rotatable bonds is 3. The number of carbonyl (C=O) groups is 1. The fourth-order valence-electron chi connectivity index (χ4n) is 1.47. The van der Waals surface area contributed by atoms with Crippen LogP contribution < -0.4 is 10.1 Å². The van der Waals surface area contributed by atoms with Gasteiger partial charge >= 0.3 is 5.97 Å². The Bertz CT molecular complexity index is 535. The van der Waals surface area contributed by atoms with E-state index in [1.807, 2.05) is 36.4 Å². The average Bonchev–Trinajstić information content (AvgIpc) is 2.34. The summed E-state index contributed by atoms with van der Waals surface area (Å²) in [4.78, 5) is 10.8. The molecule has 1 N–H and O–H groups in total. The lowest BCUT2D eigenvalue weighted by Crippen LogP contribution is -2.01. The minimum Gasteiger partial charge on any atom is -0.427 e. The predicted octanol–water partition coefficient (Wildman–Crippen LogP) is 4.01. The van der Waals surface area contributed by atoms with E-state index in [1.165, 1.54) is 6.92 Å². The van der Waals surface area contributed by atoms with E-state index in [0.717, 1.165) is 11.4 Å². The number of benzene rings is 2. The summed E-state index contributed by atoms with van der Waals surface area (Å²) in [5.74, 6) is 0.206. The number of anilines is 2. The molecule has 4 heteroatoms. The van der Waals surface area contributed by atoms with Crippen molar-refractivity contribution in [3.8, 4) is 5.75 Å². The molecule has 0 atom stereocenters. The Morgan fingerprint density at radius 2 is 1.50 bits per heavy atom. The van der Waals surface area contributed by atoms with Gasteiger partial charge in [-0.1, -0.05) is 11.6 Å². The molecule has 0 saturated heterocycles. The van der Waals surface area contributed by atoms with E-state index in [2.05, 4.69) is 5.32 Å². The van der Waals surface area contributed by atoms with Gasteiger partial charge in [-0.15, -0.1) is 0 Å². The maximum absolute atomic E-state index is 10.8. The smallest absolute Gasteiger partial charge is 0.308 e. The van der Waals surface area contributed by atoms with E-state index >= 15 is 0 Å². The largest absolute Gasteiger partial charge is 0.427 e. The van der Waals surface area contributed by atoms with Crippen molar-refractivity contribution in [1.29, 1.82) is 0 Å². The molecule has 2 aromatic rings. The van der Waals surface area contributed by atoms with Gasteiger partial charge in [0.25, 0.3) is 0 Å². The number of nitrogens with one attached hydrogen (secondary N) is 1. The lowest BCUT2D eigenvalue weighted by Gasteiger charge is -2.07. The minimum absolute atomic E-state index is 0.326. The normalized spacial score (nSPS) is 9.89. The maximum atomic E-state index is 10.8. The quantitative estimate of drug-likeness (QED) is 0.670. The van der Waals surface area contributed by atoms with Crippen LogP contribution in [0.1, 0.15) is 6.92 Å². The zero-order chi connectivity index (χ0) is 13.0. The highest BCUT2D eigenvalue weighted by Gasteiger charge is 1.99. The molecule has 92 valence electrons. The van der Waals surface area contributed by atoms with Crippen molar-refractivity contribution in [3.63, 3.8) is 0 Å². The Hall–Kier alpha value is -2.00. The van der Waals surface area contributed by atoms with Crippen LogP contribution in [-0.4, -0.2) is 5.97 Å². The molecular weight excluding hydrogens is 250 g/mol. The third-order valence-electron chi connectivity index (χ3n) is 2.25. The van der Waals surface area contributed by atoms with Crippen molar-refractivity contribution < 1.29 is 9.53 Å². The van der Waals surface area contributed by atoms with Crippen LogP contribution in [0.4, 0.5) is 11.4 Å². The molecule has 0 saturated carbocycles. The van der Waals surface area contributed by atoms with Crippen molar-refractivity contribution in [3.05, 3.63) is 53.6 Å². The summed E-state index contributed by atoms with van der Waals surface area (Å²) < 4.78 is 4.95. The van der Waals surface area contributed by atoms with Gasteiger partial charge in [-0.2, -0.15) is 0 Å². The summed E-state index contributed by atoms with van der Waals surface area (Å²) in [6, 6.07) is 14.6. The number of carbonyl (C=O) groups excluding carboxylic acids is 1. The van der Waals surface area contributed by atoms with E-state index in [9.17, 15) is 4.79 Å². The molecule has 3 nitrogen and oxygen atoms in total. The molecule has 2 rings (SSSR count). The summed E-state index contributed by atoms with van der Waals surface area (Å²) in [6.07, 6.45) is 0. The fourth-order valence-corrected chi connectivity index (χ4v) is 1.60. The molecule has 2 aromatic carbocycles. The van der Waals surface area contributed by atoms with Gasteiger partial charge in [0.1, 0.15) is 5.75 Å². The van der Waals surface area contributed by atoms with Gasteiger partial charge in [-0.25, -0.2) is 0 Å². The Kier molecular flexibility index (Phi) is 3.85. The first-order valence-electron chi connectivity index (χ1n) is 5.44. The third kappa shape index (κ3) is 3.50. The van der Waals surface area contributed by atoms with Gasteiger partial charge in [0.2, 0.25) is 0 Å². The highest BCUT2D eigenvalue weighted by molar-refractivity contribution is 6.30. The van der Waals surface area contributed by atoms with Gasteiger partial charge in [0.15, 0.2) is 0 Å². The number of hydrogen-bond donors (Lipinski definition) is 1. The second-order valence-electron chi connectivity index (χ2n) is 3.75. The van der Waals surface area contributed by atoms with Crippen LogP contribution in [0.2, 0.25) is 5.02 Å². The molecule has 0 heterocycles. The Morgan fingerprint density at radius 3 is 2.00 bits per heavy atom. The van der Waals surface area contributed by atoms with Crippen LogP contribution in [-0.2, 0) is 4.79 Å². The molecule has 0 aliphatic heterocycles. The standard InChI is InChI=1S/C14H12ClNO2/c1-10(17)18-14-8-6-13(7-9-14)16-12-4-2-11(15)3-5-12/h2-9,16H,1H3. The first-order chi connectivity index (χ1) is 8.63. The van der Waals surface area contributed by atoms with Crippen molar-refractivity contribution in [2.45, 2.75) is 6.92 Å². The first-order valence-corrected chi connectivity index (χ1v) is 5.82. The Balaban J connectivity index is 2.06. The fraction of sp³-hybridized carbons (Fsp3) is 0.0714. The van der Waals surface area contributed by atoms with Crippen LogP contribution in [0.3, 0.4) is 0 Å². The van der Waals surface area contributed by atoms with Crippen LogP contribution in [0.15, 0.2) is 48.5 Å². The molecule has 0 unspecified atom stereocenters. The van der Waals surface area contributed by atoms with Crippen LogP contribution >= 0.6 is 11.6 Å². The van der Waals surface area contributed by atoms with Gasteiger partial charge in [-0.3, -0.25) is 4.79 Å². The highest BCUT2D eigenvalue weighted by atomic mass is 35.5. The van der Waals surface area contributed by atoms with Gasteiger partial charge in [0, 0.05) is 23.3 Å². The topological polar surface area (TPSA) is 38.3 Å². The maximum Gasteiger partial charge on any atom is 0.308 e. The first kappa shape index (κ1) is 12.5. The number of hydrogen-bond acceptors (Lipinski definition) is 3. The summed E-state index contributed by atoms with van der Waals surface area (Å²) in [6.45, 7) is 1.37. The molecule has 0 bridgehead atoms. The second kappa shape index (κ2) is 5.56. The van der Waals surface area contributed by atoms with Crippen molar-refractivity contribution in [2.75, 3.05) is 5.32 Å². The lowest BCUT2D eigenvalue weighted by atomic mass is 10.2. The summed E-state index contributed by atoms with van der Waals surface area (Å²) in [5, 5.41) is 3.91. The monoisotopic (exact) mass is 261 g/mol. The predicted molar refractivity (Wildman–Crippen MR) is 72.5 cm³/mol. The zero-order valence-corrected chi connectivity index (χ0v) is 10.6. The molecule has 0 aliphatic carbocycles. The van der Waals surface area contributed by atoms with E-state index in [-0.39, 0.29) is 5.97 Å². The average molecular weight is 262 g/mol. The van der Waals surface area contributed by atoms with Crippen molar-refractivity contribution >= 4 is 28.9 Å². The van der Waals surface area contributed by atoms with Crippen LogP contribution in [0, 0.1) is 0 Å². The van der Waals surface area contributed by atoms with Crippen molar-refractivity contribution in [1.82, 2.24) is 0 Å². The third-order valence-corrected chi connectivity index (χ3v) is 2.50. The highest BCUT2D eigenvalue weighted by Crippen LogP contribution is 2.21. The van der Waals surface area contributed by atoms with Gasteiger partial charge in [-0.05, 0) is 48.5 Å². The minimum atomic E-state index is -0.326. The number of esters is 1. The van der Waals surface area contributed by atoms with E-state index in [4.69, 9.17) is 16.3 Å². The van der Waals surface area contributed by atoms with Crippen LogP contribution in [0.25, 0.3) is 0 Å². The summed E-state index contributed by atoms with van der Waals surface area (Å²) >= 11 is 5.81. The van der Waals surface area contributed by atoms with E-state index in [1.54, 1.807) is 12.1 Å². The second-order valence-corrected chi connectivity index (χ2v) is 4.19. The number of halogens is 1. The molecule has 0 spiro atoms. The molecule has 18 heavy (non-hydrogen) atoms. The number of ether oxygens (including phenoxy) is 1. The summed E-state index contributed by atoms with van der Waals surface area (Å²) in [7, 11) is 0. The molecular formula is C14H12ClNO2. The van der Waals surface area contributed by atoms with Gasteiger partial charge < -0.3 is 10.1 Å². The van der Waals surface area contributed by atoms with Crippen molar-refractivity contribution in [2.24, 2.45) is 0 Å². The summed E-state index contributed by atoms with van der Waals surface area (Å²) in [5.41, 5.74) is 1.85. The molecule has 0 fully saturated rings. The van der Waals surface area contributed by atoms with Gasteiger partial charge in [0.05, 0.1) is 0 Å². The molecule has 0 radical (unpaired) electrons. The molecule has 0 aromatic heterocycles. The SMILES string of the molecule is CC(=O)Oc1ccc(Nc2ccc(Cl)cc2)cc1. The lowest BCUT2D eigenvalue weighted by molar-refractivity contribution is -0.131. The van der Waals surface area contributed by atoms with Crippen LogP contribution in [0.5, 0.6) is 5.75 Å². The van der Waals surface area contributed by atoms with E-state index in [0.29, 0.717) is 10.8 Å².